The summed E-state index contributed by atoms with van der Waals surface area (Å²) in [5, 5.41) is 2.93. The summed E-state index contributed by atoms with van der Waals surface area (Å²) in [7, 11) is 0.169. The first-order chi connectivity index (χ1) is 15.2. The topological polar surface area (TPSA) is 78.5 Å². The van der Waals surface area contributed by atoms with Crippen molar-refractivity contribution in [2.45, 2.75) is 31.8 Å². The number of amides is 1. The second-order valence-corrected chi connectivity index (χ2v) is 9.82. The van der Waals surface area contributed by atoms with E-state index in [9.17, 15) is 13.2 Å². The van der Waals surface area contributed by atoms with E-state index in [1.165, 1.54) is 12.1 Å². The van der Waals surface area contributed by atoms with Crippen LogP contribution >= 0.6 is 0 Å². The highest BCUT2D eigenvalue weighted by Crippen LogP contribution is 2.20. The number of nitrogens with zero attached hydrogens (tertiary/aromatic N) is 1. The molecule has 0 saturated carbocycles. The fourth-order valence-corrected chi connectivity index (χ4v) is 4.43. The van der Waals surface area contributed by atoms with Crippen molar-refractivity contribution in [3.63, 3.8) is 0 Å². The quantitative estimate of drug-likeness (QED) is 0.541. The van der Waals surface area contributed by atoms with E-state index in [0.717, 1.165) is 23.2 Å². The maximum Gasteiger partial charge on any atom is 0.261 e. The summed E-state index contributed by atoms with van der Waals surface area (Å²) >= 11 is 0. The molecule has 0 spiro atoms. The van der Waals surface area contributed by atoms with Gasteiger partial charge in [-0.05, 0) is 68.9 Å². The van der Waals surface area contributed by atoms with Crippen LogP contribution in [-0.2, 0) is 23.1 Å². The van der Waals surface area contributed by atoms with E-state index in [2.05, 4.69) is 14.9 Å². The minimum Gasteiger partial charge on any atom is -0.348 e. The summed E-state index contributed by atoms with van der Waals surface area (Å²) in [4.78, 5) is 15.0. The van der Waals surface area contributed by atoms with Crippen LogP contribution in [0.15, 0.2) is 71.6 Å². The minimum absolute atomic E-state index is 0.0434. The molecule has 0 radical (unpaired) electrons. The largest absolute Gasteiger partial charge is 0.348 e. The second-order valence-electron chi connectivity index (χ2n) is 8.14. The highest BCUT2D eigenvalue weighted by Gasteiger charge is 2.18. The molecule has 1 amide bonds. The number of rotatable bonds is 8. The Bertz CT molecular complexity index is 1200. The summed E-state index contributed by atoms with van der Waals surface area (Å²) in [5.74, 6) is -0.311. The van der Waals surface area contributed by atoms with Crippen molar-refractivity contribution in [1.29, 1.82) is 0 Å². The maximum absolute atomic E-state index is 12.9. The maximum atomic E-state index is 12.9. The first-order valence-corrected chi connectivity index (χ1v) is 11.8. The first-order valence-electron chi connectivity index (χ1n) is 10.4. The molecule has 0 heterocycles. The fourth-order valence-electron chi connectivity index (χ4n) is 3.34. The molecule has 0 aromatic heterocycles. The molecule has 7 heteroatoms. The zero-order valence-electron chi connectivity index (χ0n) is 18.8. The van der Waals surface area contributed by atoms with E-state index in [4.69, 9.17) is 0 Å². The van der Waals surface area contributed by atoms with E-state index in [1.807, 2.05) is 57.4 Å². The summed E-state index contributed by atoms with van der Waals surface area (Å²) in [6, 6.07) is 19.6. The van der Waals surface area contributed by atoms with Gasteiger partial charge < -0.3 is 10.2 Å². The molecule has 0 aliphatic rings. The number of anilines is 1. The molecular weight excluding hydrogens is 422 g/mol. The van der Waals surface area contributed by atoms with E-state index in [0.29, 0.717) is 23.4 Å². The van der Waals surface area contributed by atoms with E-state index < -0.39 is 10.0 Å². The van der Waals surface area contributed by atoms with Gasteiger partial charge in [0.1, 0.15) is 0 Å². The Kier molecular flexibility index (Phi) is 7.33. The van der Waals surface area contributed by atoms with Crippen LogP contribution in [0.4, 0.5) is 5.69 Å². The Labute approximate surface area is 190 Å². The Morgan fingerprint density at radius 2 is 1.56 bits per heavy atom. The molecule has 0 aliphatic heterocycles. The van der Waals surface area contributed by atoms with Crippen LogP contribution in [0.5, 0.6) is 0 Å². The van der Waals surface area contributed by atoms with Crippen LogP contribution in [0.2, 0.25) is 0 Å². The number of hydrogen-bond donors (Lipinski definition) is 2. The third-order valence-electron chi connectivity index (χ3n) is 5.11. The van der Waals surface area contributed by atoms with Crippen molar-refractivity contribution < 1.29 is 13.2 Å². The van der Waals surface area contributed by atoms with Crippen molar-refractivity contribution in [2.24, 2.45) is 0 Å². The number of carbonyl (C=O) groups is 1. The van der Waals surface area contributed by atoms with Crippen molar-refractivity contribution >= 4 is 21.6 Å². The van der Waals surface area contributed by atoms with Crippen molar-refractivity contribution in [1.82, 2.24) is 10.2 Å². The number of carbonyl (C=O) groups excluding carboxylic acids is 1. The molecule has 2 N–H and O–H groups in total. The lowest BCUT2D eigenvalue weighted by atomic mass is 10.1. The summed E-state index contributed by atoms with van der Waals surface area (Å²) < 4.78 is 28.3. The smallest absolute Gasteiger partial charge is 0.261 e. The van der Waals surface area contributed by atoms with Gasteiger partial charge in [-0.25, -0.2) is 8.42 Å². The molecule has 0 saturated heterocycles. The summed E-state index contributed by atoms with van der Waals surface area (Å²) in [5.41, 5.74) is 4.71. The predicted octanol–water partition coefficient (Wildman–Crippen LogP) is 4.10. The standard InChI is InChI=1S/C25H29N3O3S/c1-18-9-12-22(13-10-18)27-32(30,31)23-14-11-19(2)24(15-23)25(29)26-16-20-7-5-6-8-21(20)17-28(3)4/h5-15,27H,16-17H2,1-4H3,(H,26,29). The van der Waals surface area contributed by atoms with E-state index >= 15 is 0 Å². The Hall–Kier alpha value is -3.16. The zero-order valence-corrected chi connectivity index (χ0v) is 19.7. The van der Waals surface area contributed by atoms with Gasteiger partial charge in [0.05, 0.1) is 4.90 Å². The lowest BCUT2D eigenvalue weighted by molar-refractivity contribution is 0.0950. The van der Waals surface area contributed by atoms with E-state index in [-0.39, 0.29) is 10.8 Å². The number of sulfonamides is 1. The molecular formula is C25H29N3O3S. The SMILES string of the molecule is Cc1ccc(NS(=O)(=O)c2ccc(C)c(C(=O)NCc3ccccc3CN(C)C)c2)cc1. The van der Waals surface area contributed by atoms with Gasteiger partial charge in [0.15, 0.2) is 0 Å². The third kappa shape index (κ3) is 5.96. The van der Waals surface area contributed by atoms with E-state index in [1.54, 1.807) is 25.1 Å². The highest BCUT2D eigenvalue weighted by atomic mass is 32.2. The number of aryl methyl sites for hydroxylation is 2. The molecule has 32 heavy (non-hydrogen) atoms. The molecule has 3 aromatic carbocycles. The minimum atomic E-state index is -3.82. The Morgan fingerprint density at radius 1 is 0.906 bits per heavy atom. The number of benzene rings is 3. The highest BCUT2D eigenvalue weighted by molar-refractivity contribution is 7.92. The molecule has 3 aromatic rings. The van der Waals surface area contributed by atoms with Gasteiger partial charge in [0.25, 0.3) is 15.9 Å². The molecule has 0 bridgehead atoms. The van der Waals surface area contributed by atoms with Crippen molar-refractivity contribution in [3.05, 3.63) is 94.5 Å². The van der Waals surface area contributed by atoms with Crippen LogP contribution < -0.4 is 10.0 Å². The van der Waals surface area contributed by atoms with Gasteiger partial charge in [-0.15, -0.1) is 0 Å². The van der Waals surface area contributed by atoms with Crippen LogP contribution in [0.1, 0.15) is 32.6 Å². The average Bonchev–Trinajstić information content (AvgIpc) is 2.74. The molecule has 0 atom stereocenters. The van der Waals surface area contributed by atoms with Gasteiger partial charge in [-0.2, -0.15) is 0 Å². The van der Waals surface area contributed by atoms with Gasteiger partial charge in [0.2, 0.25) is 0 Å². The number of nitrogens with one attached hydrogen (secondary N) is 2. The second kappa shape index (κ2) is 9.97. The normalized spacial score (nSPS) is 11.4. The van der Waals surface area contributed by atoms with Crippen LogP contribution in [-0.4, -0.2) is 33.3 Å². The van der Waals surface area contributed by atoms with Gasteiger partial charge >= 0.3 is 0 Å². The third-order valence-corrected chi connectivity index (χ3v) is 6.49. The van der Waals surface area contributed by atoms with Gasteiger partial charge in [-0.3, -0.25) is 9.52 Å². The molecule has 6 nitrogen and oxygen atoms in total. The van der Waals surface area contributed by atoms with Gasteiger partial charge in [0, 0.05) is 24.3 Å². The van der Waals surface area contributed by atoms with Crippen LogP contribution in [0.3, 0.4) is 0 Å². The molecule has 168 valence electrons. The molecule has 0 fully saturated rings. The van der Waals surface area contributed by atoms with Crippen molar-refractivity contribution in [2.75, 3.05) is 18.8 Å². The fraction of sp³-hybridized carbons (Fsp3) is 0.240. The zero-order chi connectivity index (χ0) is 23.3. The Morgan fingerprint density at radius 3 is 2.22 bits per heavy atom. The summed E-state index contributed by atoms with van der Waals surface area (Å²) in [6.07, 6.45) is 0. The van der Waals surface area contributed by atoms with Crippen LogP contribution in [0.25, 0.3) is 0 Å². The molecule has 3 rings (SSSR count). The monoisotopic (exact) mass is 451 g/mol. The van der Waals surface area contributed by atoms with Crippen molar-refractivity contribution in [3.8, 4) is 0 Å². The lowest BCUT2D eigenvalue weighted by Crippen LogP contribution is -2.25. The predicted molar refractivity (Wildman–Crippen MR) is 128 cm³/mol. The first kappa shape index (κ1) is 23.5. The Balaban J connectivity index is 1.78. The molecule has 0 unspecified atom stereocenters. The van der Waals surface area contributed by atoms with Crippen LogP contribution in [0, 0.1) is 13.8 Å². The summed E-state index contributed by atoms with van der Waals surface area (Å²) in [6.45, 7) is 4.85. The molecule has 0 aliphatic carbocycles. The number of hydrogen-bond acceptors (Lipinski definition) is 4. The lowest BCUT2D eigenvalue weighted by Gasteiger charge is -2.15. The average molecular weight is 452 g/mol. The van der Waals surface area contributed by atoms with Gasteiger partial charge in [-0.1, -0.05) is 48.0 Å².